The molecule has 1 aromatic rings. The molecule has 1 heterocycles. The van der Waals surface area contributed by atoms with Crippen LogP contribution in [0, 0.1) is 5.92 Å². The van der Waals surface area contributed by atoms with Crippen molar-refractivity contribution in [2.75, 3.05) is 26.7 Å². The van der Waals surface area contributed by atoms with Crippen molar-refractivity contribution in [1.29, 1.82) is 0 Å². The second-order valence-electron chi connectivity index (χ2n) is 13.0. The molecule has 1 aliphatic heterocycles. The highest BCUT2D eigenvalue weighted by Gasteiger charge is 2.31. The smallest absolute Gasteiger partial charge is 0.333 e. The molecule has 4 heteroatoms. The summed E-state index contributed by atoms with van der Waals surface area (Å²) in [4.78, 5) is 19.1. The summed E-state index contributed by atoms with van der Waals surface area (Å²) in [5.41, 5.74) is 11.2. The van der Waals surface area contributed by atoms with Gasteiger partial charge in [-0.1, -0.05) is 87.1 Å². The van der Waals surface area contributed by atoms with Crippen LogP contribution in [0.5, 0.6) is 0 Å². The van der Waals surface area contributed by atoms with Gasteiger partial charge in [-0.2, -0.15) is 0 Å². The van der Waals surface area contributed by atoms with E-state index in [1.54, 1.807) is 11.1 Å². The Morgan fingerprint density at radius 2 is 1.87 bits per heavy atom. The molecule has 0 bridgehead atoms. The molecule has 45 heavy (non-hydrogen) atoms. The second-order valence-corrected chi connectivity index (χ2v) is 13.0. The van der Waals surface area contributed by atoms with Crippen molar-refractivity contribution in [3.63, 3.8) is 0 Å². The molecule has 0 aromatic heterocycles. The van der Waals surface area contributed by atoms with E-state index in [1.165, 1.54) is 35.1 Å². The minimum Gasteiger partial charge on any atom is -0.463 e. The van der Waals surface area contributed by atoms with E-state index >= 15 is 0 Å². The van der Waals surface area contributed by atoms with Gasteiger partial charge in [0.25, 0.3) is 0 Å². The van der Waals surface area contributed by atoms with Gasteiger partial charge in [0.1, 0.15) is 0 Å². The van der Waals surface area contributed by atoms with Crippen molar-refractivity contribution >= 4 is 17.8 Å². The van der Waals surface area contributed by atoms with E-state index in [4.69, 9.17) is 4.74 Å². The average molecular weight is 607 g/mol. The van der Waals surface area contributed by atoms with Crippen molar-refractivity contribution in [3.05, 3.63) is 112 Å². The van der Waals surface area contributed by atoms with Crippen LogP contribution in [0.25, 0.3) is 5.57 Å². The molecule has 1 atom stereocenters. The van der Waals surface area contributed by atoms with Crippen LogP contribution in [0.15, 0.2) is 106 Å². The van der Waals surface area contributed by atoms with Gasteiger partial charge in [0, 0.05) is 48.6 Å². The summed E-state index contributed by atoms with van der Waals surface area (Å²) in [6.45, 7) is 17.7. The van der Waals surface area contributed by atoms with Crippen LogP contribution in [0.1, 0.15) is 97.1 Å². The molecule has 0 amide bonds. The molecule has 0 saturated carbocycles. The first-order chi connectivity index (χ1) is 21.7. The van der Waals surface area contributed by atoms with E-state index in [-0.39, 0.29) is 11.4 Å². The Kier molecular flexibility index (Phi) is 12.2. The lowest BCUT2D eigenvalue weighted by Gasteiger charge is -2.35. The topological polar surface area (TPSA) is 41.9 Å². The van der Waals surface area contributed by atoms with Crippen LogP contribution < -0.4 is 0 Å². The number of esters is 1. The van der Waals surface area contributed by atoms with Gasteiger partial charge in [0.15, 0.2) is 0 Å². The zero-order valence-electron chi connectivity index (χ0n) is 28.6. The third-order valence-electron chi connectivity index (χ3n) is 9.79. The number of nitrogens with zero attached hydrogens (tertiary/aromatic N) is 2. The van der Waals surface area contributed by atoms with Gasteiger partial charge in [-0.3, -0.25) is 4.99 Å². The van der Waals surface area contributed by atoms with Gasteiger partial charge in [0.05, 0.1) is 6.61 Å². The number of benzene rings is 1. The second kappa shape index (κ2) is 16.1. The molecule has 0 fully saturated rings. The lowest BCUT2D eigenvalue weighted by molar-refractivity contribution is -0.138. The fourth-order valence-electron chi connectivity index (χ4n) is 6.99. The fourth-order valence-corrected chi connectivity index (χ4v) is 6.99. The highest BCUT2D eigenvalue weighted by molar-refractivity contribution is 5.88. The van der Waals surface area contributed by atoms with E-state index in [0.29, 0.717) is 12.5 Å². The summed E-state index contributed by atoms with van der Waals surface area (Å²) in [5, 5.41) is 0. The zero-order valence-corrected chi connectivity index (χ0v) is 28.6. The molecule has 240 valence electrons. The summed E-state index contributed by atoms with van der Waals surface area (Å²) < 4.78 is 5.27. The first kappa shape index (κ1) is 34.2. The number of aliphatic imine (C=N–C) groups is 1. The molecule has 0 spiro atoms. The highest BCUT2D eigenvalue weighted by atomic mass is 16.5. The van der Waals surface area contributed by atoms with Crippen LogP contribution >= 0.6 is 0 Å². The molecular formula is C41H54N2O2. The van der Waals surface area contributed by atoms with Gasteiger partial charge in [-0.25, -0.2) is 4.79 Å². The Hall–Kier alpha value is -3.66. The summed E-state index contributed by atoms with van der Waals surface area (Å²) in [5.74, 6) is 0.434. The summed E-state index contributed by atoms with van der Waals surface area (Å²) in [6.07, 6.45) is 23.4. The standard InChI is InChI=1S/C41H54N2O2/c1-8-36-16-10-13-32(30(3)4)23-25-41(36,6)37-21-19-33(20-22-37)35-18-17-31(5)38(29-35)39(24-26-42-7)43-27-11-14-34(15-12-28-43)40(44)45-9-2/h8,14,18-24,26,29-30H,5,9-13,15-17,25,27-28H2,1-4,6-7H3/b32-23-,34-14-,36-8-,39-24+,42-26?/t41-/m0/s1. The summed E-state index contributed by atoms with van der Waals surface area (Å²) >= 11 is 0. The monoisotopic (exact) mass is 606 g/mol. The number of carbonyl (C=O) groups is 1. The van der Waals surface area contributed by atoms with Crippen molar-refractivity contribution in [2.45, 2.75) is 91.4 Å². The lowest BCUT2D eigenvalue weighted by Crippen LogP contribution is -2.29. The number of hydrogen-bond acceptors (Lipinski definition) is 4. The number of ether oxygens (including phenoxy) is 1. The molecule has 0 N–H and O–H groups in total. The van der Waals surface area contributed by atoms with Crippen molar-refractivity contribution in [1.82, 2.24) is 4.90 Å². The normalized spacial score (nSPS) is 25.4. The van der Waals surface area contributed by atoms with E-state index in [1.807, 2.05) is 20.2 Å². The predicted molar refractivity (Wildman–Crippen MR) is 191 cm³/mol. The Morgan fingerprint density at radius 1 is 1.09 bits per heavy atom. The molecule has 1 aromatic carbocycles. The average Bonchev–Trinajstić information content (AvgIpc) is 3.01. The van der Waals surface area contributed by atoms with Crippen molar-refractivity contribution in [2.24, 2.45) is 10.9 Å². The van der Waals surface area contributed by atoms with Gasteiger partial charge in [-0.15, -0.1) is 0 Å². The number of rotatable bonds is 8. The fraction of sp³-hybridized carbons (Fsp3) is 0.463. The van der Waals surface area contributed by atoms with Crippen molar-refractivity contribution < 1.29 is 9.53 Å². The Labute approximate surface area is 272 Å². The van der Waals surface area contributed by atoms with Gasteiger partial charge in [-0.05, 0) is 106 Å². The minimum absolute atomic E-state index is 0.00649. The third kappa shape index (κ3) is 8.34. The van der Waals surface area contributed by atoms with Gasteiger partial charge < -0.3 is 9.64 Å². The summed E-state index contributed by atoms with van der Waals surface area (Å²) in [7, 11) is 1.81. The molecule has 0 unspecified atom stereocenters. The SMILES string of the molecule is C=C1CC=C(c2ccc([C@@]3(C)C/C=C(\C(C)C)CCC/C3=C/C)cc2)C=C1/C(=C\C=NC)N1CC/C=C(\C(=O)OCC)CCC1. The van der Waals surface area contributed by atoms with Crippen LogP contribution in [-0.4, -0.2) is 43.8 Å². The zero-order chi connectivity index (χ0) is 32.4. The quantitative estimate of drug-likeness (QED) is 0.168. The van der Waals surface area contributed by atoms with Gasteiger partial charge >= 0.3 is 5.97 Å². The van der Waals surface area contributed by atoms with Crippen molar-refractivity contribution in [3.8, 4) is 0 Å². The molecule has 4 rings (SSSR count). The maximum Gasteiger partial charge on any atom is 0.333 e. The maximum atomic E-state index is 12.3. The first-order valence-corrected chi connectivity index (χ1v) is 17.0. The minimum atomic E-state index is -0.175. The highest BCUT2D eigenvalue weighted by Crippen LogP contribution is 2.42. The van der Waals surface area contributed by atoms with Crippen LogP contribution in [0.3, 0.4) is 0 Å². The number of allylic oxidation sites excluding steroid dienone is 9. The van der Waals surface area contributed by atoms with Crippen LogP contribution in [0.4, 0.5) is 0 Å². The van der Waals surface area contributed by atoms with E-state index in [0.717, 1.165) is 68.5 Å². The molecule has 0 saturated heterocycles. The maximum absolute atomic E-state index is 12.3. The predicted octanol–water partition coefficient (Wildman–Crippen LogP) is 9.88. The Morgan fingerprint density at radius 3 is 2.56 bits per heavy atom. The van der Waals surface area contributed by atoms with E-state index in [2.05, 4.69) is 105 Å². The first-order valence-electron chi connectivity index (χ1n) is 17.0. The van der Waals surface area contributed by atoms with Crippen LogP contribution in [-0.2, 0) is 14.9 Å². The molecule has 0 radical (unpaired) electrons. The van der Waals surface area contributed by atoms with E-state index < -0.39 is 0 Å². The Balaban J connectivity index is 1.61. The summed E-state index contributed by atoms with van der Waals surface area (Å²) in [6, 6.07) is 9.32. The van der Waals surface area contributed by atoms with E-state index in [9.17, 15) is 4.79 Å². The molecule has 3 aliphatic rings. The third-order valence-corrected chi connectivity index (χ3v) is 9.79. The molecule has 4 nitrogen and oxygen atoms in total. The lowest BCUT2D eigenvalue weighted by atomic mass is 9.69. The molecular weight excluding hydrogens is 552 g/mol. The largest absolute Gasteiger partial charge is 0.463 e. The number of carbonyl (C=O) groups excluding carboxylic acids is 1. The number of hydrogen-bond donors (Lipinski definition) is 0. The molecule has 2 aliphatic carbocycles. The van der Waals surface area contributed by atoms with Crippen LogP contribution in [0.2, 0.25) is 0 Å². The Bertz CT molecular complexity index is 1440. The van der Waals surface area contributed by atoms with Gasteiger partial charge in [0.2, 0.25) is 0 Å².